The van der Waals surface area contributed by atoms with Crippen LogP contribution in [-0.4, -0.2) is 0 Å². The Morgan fingerprint density at radius 1 is 1.26 bits per heavy atom. The fraction of sp³-hybridized carbons (Fsp3) is 0.200. The number of hydrogen-bond acceptors (Lipinski definition) is 1. The molecule has 2 rings (SSSR count). The van der Waals surface area contributed by atoms with Crippen molar-refractivity contribution in [1.29, 1.82) is 0 Å². The van der Waals surface area contributed by atoms with Crippen LogP contribution in [0.15, 0.2) is 40.9 Å². The molecule has 0 saturated carbocycles. The van der Waals surface area contributed by atoms with Crippen molar-refractivity contribution >= 4 is 27.5 Å². The first-order valence-corrected chi connectivity index (χ1v) is 7.10. The molecule has 0 heterocycles. The van der Waals surface area contributed by atoms with Crippen molar-refractivity contribution in [2.75, 3.05) is 0 Å². The summed E-state index contributed by atoms with van der Waals surface area (Å²) in [4.78, 5) is 0. The Labute approximate surface area is 125 Å². The van der Waals surface area contributed by atoms with Gasteiger partial charge in [-0.1, -0.05) is 45.7 Å². The topological polar surface area (TPSA) is 26.0 Å². The summed E-state index contributed by atoms with van der Waals surface area (Å²) in [6, 6.07) is 10.6. The molecule has 0 radical (unpaired) electrons. The molecule has 0 aromatic heterocycles. The molecule has 0 aliphatic rings. The Balaban J connectivity index is 2.20. The number of rotatable bonds is 3. The Morgan fingerprint density at radius 2 is 2.00 bits per heavy atom. The second kappa shape index (κ2) is 6.04. The van der Waals surface area contributed by atoms with Gasteiger partial charge in [-0.25, -0.2) is 4.39 Å². The van der Waals surface area contributed by atoms with E-state index in [0.717, 1.165) is 15.6 Å². The van der Waals surface area contributed by atoms with Gasteiger partial charge >= 0.3 is 0 Å². The van der Waals surface area contributed by atoms with Crippen molar-refractivity contribution in [1.82, 2.24) is 0 Å². The summed E-state index contributed by atoms with van der Waals surface area (Å²) < 4.78 is 14.4. The van der Waals surface area contributed by atoms with E-state index in [2.05, 4.69) is 15.9 Å². The molecule has 0 saturated heterocycles. The smallest absolute Gasteiger partial charge is 0.142 e. The highest BCUT2D eigenvalue weighted by Crippen LogP contribution is 2.26. The van der Waals surface area contributed by atoms with Crippen molar-refractivity contribution in [2.24, 2.45) is 5.73 Å². The third-order valence-corrected chi connectivity index (χ3v) is 3.99. The maximum atomic E-state index is 13.4. The van der Waals surface area contributed by atoms with Crippen molar-refractivity contribution in [3.8, 4) is 0 Å². The minimum atomic E-state index is -0.408. The largest absolute Gasteiger partial charge is 0.324 e. The number of halogens is 3. The molecular formula is C15H14BrClFN. The molecule has 0 aliphatic heterocycles. The molecule has 0 aliphatic carbocycles. The van der Waals surface area contributed by atoms with Gasteiger partial charge in [0, 0.05) is 10.5 Å². The minimum Gasteiger partial charge on any atom is -0.324 e. The molecule has 0 amide bonds. The van der Waals surface area contributed by atoms with Crippen molar-refractivity contribution in [2.45, 2.75) is 19.4 Å². The van der Waals surface area contributed by atoms with Gasteiger partial charge in [0.1, 0.15) is 5.82 Å². The van der Waals surface area contributed by atoms with Gasteiger partial charge in [0.25, 0.3) is 0 Å². The molecule has 1 unspecified atom stereocenters. The summed E-state index contributed by atoms with van der Waals surface area (Å²) in [5.74, 6) is -0.408. The zero-order valence-corrected chi connectivity index (χ0v) is 12.8. The Hall–Kier alpha value is -0.900. The van der Waals surface area contributed by atoms with E-state index < -0.39 is 5.82 Å². The summed E-state index contributed by atoms with van der Waals surface area (Å²) in [5, 5.41) is 0.133. The highest BCUT2D eigenvalue weighted by atomic mass is 79.9. The summed E-state index contributed by atoms with van der Waals surface area (Å²) in [5.41, 5.74) is 9.20. The van der Waals surface area contributed by atoms with E-state index in [4.69, 9.17) is 17.3 Å². The minimum absolute atomic E-state index is 0.133. The van der Waals surface area contributed by atoms with Crippen molar-refractivity contribution in [3.05, 3.63) is 68.4 Å². The van der Waals surface area contributed by atoms with Crippen LogP contribution >= 0.6 is 27.5 Å². The number of aryl methyl sites for hydroxylation is 1. The fourth-order valence-electron chi connectivity index (χ4n) is 1.96. The second-order valence-electron chi connectivity index (χ2n) is 4.58. The van der Waals surface area contributed by atoms with Crippen molar-refractivity contribution in [3.63, 3.8) is 0 Å². The van der Waals surface area contributed by atoms with E-state index in [1.54, 1.807) is 12.1 Å². The Kier molecular flexibility index (Phi) is 4.61. The molecule has 19 heavy (non-hydrogen) atoms. The maximum absolute atomic E-state index is 13.4. The van der Waals surface area contributed by atoms with E-state index in [0.29, 0.717) is 6.42 Å². The third kappa shape index (κ3) is 3.56. The average molecular weight is 343 g/mol. The van der Waals surface area contributed by atoms with Crippen LogP contribution in [0.5, 0.6) is 0 Å². The zero-order chi connectivity index (χ0) is 14.0. The summed E-state index contributed by atoms with van der Waals surface area (Å²) in [6.07, 6.45) is 0.565. The molecule has 1 nitrogen and oxygen atoms in total. The van der Waals surface area contributed by atoms with Crippen LogP contribution in [0.3, 0.4) is 0 Å². The molecule has 0 bridgehead atoms. The van der Waals surface area contributed by atoms with Crippen LogP contribution in [0.4, 0.5) is 4.39 Å². The summed E-state index contributed by atoms with van der Waals surface area (Å²) in [6.45, 7) is 2.02. The highest BCUT2D eigenvalue weighted by Gasteiger charge is 2.12. The SMILES string of the molecule is Cc1ccc(C(N)Cc2ccc(Cl)c(F)c2)c(Br)c1. The quantitative estimate of drug-likeness (QED) is 0.852. The van der Waals surface area contributed by atoms with Gasteiger partial charge in [0.05, 0.1) is 5.02 Å². The lowest BCUT2D eigenvalue weighted by molar-refractivity contribution is 0.622. The molecule has 1 atom stereocenters. The van der Waals surface area contributed by atoms with E-state index in [9.17, 15) is 4.39 Å². The first-order chi connectivity index (χ1) is 8.97. The molecular weight excluding hydrogens is 329 g/mol. The number of nitrogens with two attached hydrogens (primary N) is 1. The first-order valence-electron chi connectivity index (χ1n) is 5.93. The van der Waals surface area contributed by atoms with Crippen LogP contribution in [0.1, 0.15) is 22.7 Å². The van der Waals surface area contributed by atoms with Gasteiger partial charge in [-0.15, -0.1) is 0 Å². The average Bonchev–Trinajstić information content (AvgIpc) is 2.33. The van der Waals surface area contributed by atoms with E-state index >= 15 is 0 Å². The Bertz CT molecular complexity index is 601. The third-order valence-electron chi connectivity index (χ3n) is 3.00. The fourth-order valence-corrected chi connectivity index (χ4v) is 2.87. The standard InChI is InChI=1S/C15H14BrClFN/c1-9-2-4-11(12(16)6-9)15(19)8-10-3-5-13(17)14(18)7-10/h2-7,15H,8,19H2,1H3. The maximum Gasteiger partial charge on any atom is 0.142 e. The molecule has 0 spiro atoms. The van der Waals surface area contributed by atoms with E-state index in [-0.39, 0.29) is 11.1 Å². The van der Waals surface area contributed by atoms with Crippen LogP contribution in [0.25, 0.3) is 0 Å². The zero-order valence-electron chi connectivity index (χ0n) is 10.5. The van der Waals surface area contributed by atoms with Gasteiger partial charge in [0.15, 0.2) is 0 Å². The number of hydrogen-bond donors (Lipinski definition) is 1. The van der Waals surface area contributed by atoms with Gasteiger partial charge in [-0.05, 0) is 48.2 Å². The molecule has 2 aromatic rings. The highest BCUT2D eigenvalue weighted by molar-refractivity contribution is 9.10. The lowest BCUT2D eigenvalue weighted by Crippen LogP contribution is -2.14. The first kappa shape index (κ1) is 14.5. The van der Waals surface area contributed by atoms with Gasteiger partial charge in [-0.2, -0.15) is 0 Å². The van der Waals surface area contributed by atoms with Gasteiger partial charge < -0.3 is 5.73 Å². The van der Waals surface area contributed by atoms with E-state index in [1.807, 2.05) is 25.1 Å². The summed E-state index contributed by atoms with van der Waals surface area (Å²) in [7, 11) is 0. The van der Waals surface area contributed by atoms with E-state index in [1.165, 1.54) is 11.6 Å². The monoisotopic (exact) mass is 341 g/mol. The van der Waals surface area contributed by atoms with Gasteiger partial charge in [0.2, 0.25) is 0 Å². The normalized spacial score (nSPS) is 12.5. The lowest BCUT2D eigenvalue weighted by Gasteiger charge is -2.15. The molecule has 100 valence electrons. The van der Waals surface area contributed by atoms with Gasteiger partial charge in [-0.3, -0.25) is 0 Å². The van der Waals surface area contributed by atoms with Crippen molar-refractivity contribution < 1.29 is 4.39 Å². The molecule has 2 N–H and O–H groups in total. The predicted octanol–water partition coefficient (Wildman–Crippen LogP) is 4.79. The second-order valence-corrected chi connectivity index (χ2v) is 5.85. The molecule has 2 aromatic carbocycles. The molecule has 4 heteroatoms. The van der Waals surface area contributed by atoms with Crippen LogP contribution in [0, 0.1) is 12.7 Å². The lowest BCUT2D eigenvalue weighted by atomic mass is 9.99. The number of benzene rings is 2. The predicted molar refractivity (Wildman–Crippen MR) is 80.9 cm³/mol. The molecule has 0 fully saturated rings. The Morgan fingerprint density at radius 3 is 2.63 bits per heavy atom. The van der Waals surface area contributed by atoms with Crippen LogP contribution in [0.2, 0.25) is 5.02 Å². The van der Waals surface area contributed by atoms with Crippen LogP contribution < -0.4 is 5.73 Å². The van der Waals surface area contributed by atoms with Crippen LogP contribution in [-0.2, 0) is 6.42 Å². The summed E-state index contributed by atoms with van der Waals surface area (Å²) >= 11 is 9.18.